The van der Waals surface area contributed by atoms with Crippen LogP contribution in [-0.2, 0) is 9.59 Å². The van der Waals surface area contributed by atoms with Crippen molar-refractivity contribution in [2.75, 3.05) is 25.0 Å². The van der Waals surface area contributed by atoms with Gasteiger partial charge in [0, 0.05) is 30.9 Å². The lowest BCUT2D eigenvalue weighted by Crippen LogP contribution is -2.32. The molecule has 0 radical (unpaired) electrons. The molecule has 26 heavy (non-hydrogen) atoms. The first-order chi connectivity index (χ1) is 12.7. The fourth-order valence-corrected chi connectivity index (χ4v) is 2.79. The van der Waals surface area contributed by atoms with Crippen molar-refractivity contribution in [2.24, 2.45) is 0 Å². The van der Waals surface area contributed by atoms with E-state index in [2.05, 4.69) is 5.32 Å². The van der Waals surface area contributed by atoms with Gasteiger partial charge in [-0.15, -0.1) is 0 Å². The fourth-order valence-electron chi connectivity index (χ4n) is 2.79. The van der Waals surface area contributed by atoms with Gasteiger partial charge in [-0.3, -0.25) is 9.59 Å². The predicted molar refractivity (Wildman–Crippen MR) is 102 cm³/mol. The van der Waals surface area contributed by atoms with E-state index < -0.39 is 0 Å². The summed E-state index contributed by atoms with van der Waals surface area (Å²) in [6, 6.07) is 16.7. The smallest absolute Gasteiger partial charge is 0.260 e. The standard InChI is InChI=1S/C21H22N2O3/c24-20(12-11-17-7-2-1-3-8-17)22-18-9-6-10-19(15-18)26-16-21(25)23-13-4-5-14-23/h1-3,6-12,15H,4-5,13-14,16H2,(H,22,24)/b12-11+. The van der Waals surface area contributed by atoms with Crippen LogP contribution in [0.5, 0.6) is 5.75 Å². The van der Waals surface area contributed by atoms with Gasteiger partial charge in [0.2, 0.25) is 5.91 Å². The molecule has 1 N–H and O–H groups in total. The Labute approximate surface area is 153 Å². The second-order valence-corrected chi connectivity index (χ2v) is 6.14. The number of likely N-dealkylation sites (tertiary alicyclic amines) is 1. The second-order valence-electron chi connectivity index (χ2n) is 6.14. The van der Waals surface area contributed by atoms with Crippen molar-refractivity contribution in [3.63, 3.8) is 0 Å². The Morgan fingerprint density at radius 3 is 2.58 bits per heavy atom. The minimum Gasteiger partial charge on any atom is -0.484 e. The molecular weight excluding hydrogens is 328 g/mol. The number of ether oxygens (including phenoxy) is 1. The van der Waals surface area contributed by atoms with Crippen LogP contribution in [0.3, 0.4) is 0 Å². The van der Waals surface area contributed by atoms with Crippen molar-refractivity contribution in [3.05, 3.63) is 66.2 Å². The molecule has 0 aromatic heterocycles. The van der Waals surface area contributed by atoms with Crippen molar-refractivity contribution in [3.8, 4) is 5.75 Å². The third-order valence-corrected chi connectivity index (χ3v) is 4.15. The number of nitrogens with one attached hydrogen (secondary N) is 1. The van der Waals surface area contributed by atoms with Gasteiger partial charge in [0.05, 0.1) is 0 Å². The van der Waals surface area contributed by atoms with Crippen LogP contribution in [0, 0.1) is 0 Å². The highest BCUT2D eigenvalue weighted by molar-refractivity contribution is 6.02. The summed E-state index contributed by atoms with van der Waals surface area (Å²) in [5.74, 6) is 0.337. The van der Waals surface area contributed by atoms with E-state index in [1.54, 1.807) is 30.3 Å². The summed E-state index contributed by atoms with van der Waals surface area (Å²) in [6.07, 6.45) is 5.36. The second kappa shape index (κ2) is 8.85. The molecule has 5 heteroatoms. The summed E-state index contributed by atoms with van der Waals surface area (Å²) in [7, 11) is 0. The number of carbonyl (C=O) groups is 2. The molecule has 134 valence electrons. The highest BCUT2D eigenvalue weighted by atomic mass is 16.5. The predicted octanol–water partition coefficient (Wildman–Crippen LogP) is 3.34. The molecule has 0 spiro atoms. The van der Waals surface area contributed by atoms with Crippen LogP contribution in [-0.4, -0.2) is 36.4 Å². The van der Waals surface area contributed by atoms with E-state index in [4.69, 9.17) is 4.74 Å². The molecule has 2 aromatic rings. The van der Waals surface area contributed by atoms with Crippen molar-refractivity contribution < 1.29 is 14.3 Å². The summed E-state index contributed by atoms with van der Waals surface area (Å²) < 4.78 is 5.57. The van der Waals surface area contributed by atoms with Crippen LogP contribution < -0.4 is 10.1 Å². The molecule has 0 saturated carbocycles. The number of rotatable bonds is 6. The van der Waals surface area contributed by atoms with Gasteiger partial charge < -0.3 is 15.0 Å². The summed E-state index contributed by atoms with van der Waals surface area (Å²) in [5, 5.41) is 2.79. The minimum absolute atomic E-state index is 0.00253. The van der Waals surface area contributed by atoms with Crippen LogP contribution in [0.15, 0.2) is 60.7 Å². The minimum atomic E-state index is -0.223. The van der Waals surface area contributed by atoms with Crippen LogP contribution in [0.25, 0.3) is 6.08 Å². The molecule has 0 atom stereocenters. The quantitative estimate of drug-likeness (QED) is 0.813. The first-order valence-corrected chi connectivity index (χ1v) is 8.75. The van der Waals surface area contributed by atoms with Gasteiger partial charge in [-0.25, -0.2) is 0 Å². The van der Waals surface area contributed by atoms with E-state index in [1.165, 1.54) is 6.08 Å². The molecule has 1 aliphatic rings. The topological polar surface area (TPSA) is 58.6 Å². The third kappa shape index (κ3) is 5.21. The first-order valence-electron chi connectivity index (χ1n) is 8.75. The van der Waals surface area contributed by atoms with Crippen molar-refractivity contribution in [2.45, 2.75) is 12.8 Å². The SMILES string of the molecule is O=C(/C=C/c1ccccc1)Nc1cccc(OCC(=O)N2CCCC2)c1. The Balaban J connectivity index is 1.52. The highest BCUT2D eigenvalue weighted by Gasteiger charge is 2.18. The summed E-state index contributed by atoms with van der Waals surface area (Å²) in [4.78, 5) is 25.9. The van der Waals surface area contributed by atoms with Gasteiger partial charge in [0.1, 0.15) is 5.75 Å². The Morgan fingerprint density at radius 1 is 1.04 bits per heavy atom. The number of hydrogen-bond acceptors (Lipinski definition) is 3. The van der Waals surface area contributed by atoms with Crippen molar-refractivity contribution in [1.29, 1.82) is 0 Å². The maximum Gasteiger partial charge on any atom is 0.260 e. The van der Waals surface area contributed by atoms with Crippen molar-refractivity contribution in [1.82, 2.24) is 4.90 Å². The largest absolute Gasteiger partial charge is 0.484 e. The number of hydrogen-bond donors (Lipinski definition) is 1. The van der Waals surface area contributed by atoms with Gasteiger partial charge in [0.15, 0.2) is 6.61 Å². The van der Waals surface area contributed by atoms with E-state index in [-0.39, 0.29) is 18.4 Å². The fraction of sp³-hybridized carbons (Fsp3) is 0.238. The van der Waals surface area contributed by atoms with Gasteiger partial charge in [-0.2, -0.15) is 0 Å². The van der Waals surface area contributed by atoms with Crippen LogP contribution >= 0.6 is 0 Å². The lowest BCUT2D eigenvalue weighted by atomic mass is 10.2. The zero-order valence-electron chi connectivity index (χ0n) is 14.6. The number of anilines is 1. The van der Waals surface area contributed by atoms with E-state index >= 15 is 0 Å². The lowest BCUT2D eigenvalue weighted by Gasteiger charge is -2.15. The molecule has 0 unspecified atom stereocenters. The lowest BCUT2D eigenvalue weighted by molar-refractivity contribution is -0.132. The van der Waals surface area contributed by atoms with Crippen LogP contribution in [0.4, 0.5) is 5.69 Å². The number of benzene rings is 2. The molecule has 2 amide bonds. The Morgan fingerprint density at radius 2 is 1.81 bits per heavy atom. The molecule has 5 nitrogen and oxygen atoms in total. The van der Waals surface area contributed by atoms with Gasteiger partial charge in [-0.1, -0.05) is 36.4 Å². The molecular formula is C21H22N2O3. The van der Waals surface area contributed by atoms with Crippen LogP contribution in [0.1, 0.15) is 18.4 Å². The maximum atomic E-state index is 12.0. The van der Waals surface area contributed by atoms with Crippen LogP contribution in [0.2, 0.25) is 0 Å². The zero-order valence-corrected chi connectivity index (χ0v) is 14.6. The van der Waals surface area contributed by atoms with Crippen molar-refractivity contribution >= 4 is 23.6 Å². The zero-order chi connectivity index (χ0) is 18.2. The summed E-state index contributed by atoms with van der Waals surface area (Å²) in [5.41, 5.74) is 1.58. The molecule has 1 fully saturated rings. The number of amides is 2. The first kappa shape index (κ1) is 17.7. The summed E-state index contributed by atoms with van der Waals surface area (Å²) in [6.45, 7) is 1.64. The van der Waals surface area contributed by atoms with Gasteiger partial charge in [-0.05, 0) is 36.6 Å². The average Bonchev–Trinajstić information content (AvgIpc) is 3.20. The Hall–Kier alpha value is -3.08. The van der Waals surface area contributed by atoms with Gasteiger partial charge >= 0.3 is 0 Å². The average molecular weight is 350 g/mol. The monoisotopic (exact) mass is 350 g/mol. The van der Waals surface area contributed by atoms with E-state index in [9.17, 15) is 9.59 Å². The van der Waals surface area contributed by atoms with Gasteiger partial charge in [0.25, 0.3) is 5.91 Å². The third-order valence-electron chi connectivity index (χ3n) is 4.15. The molecule has 3 rings (SSSR count). The number of carbonyl (C=O) groups excluding carboxylic acids is 2. The highest BCUT2D eigenvalue weighted by Crippen LogP contribution is 2.18. The molecule has 1 aliphatic heterocycles. The Kier molecular flexibility index (Phi) is 6.04. The maximum absolute atomic E-state index is 12.0. The molecule has 1 saturated heterocycles. The molecule has 0 aliphatic carbocycles. The van der Waals surface area contributed by atoms with E-state index in [0.29, 0.717) is 11.4 Å². The summed E-state index contributed by atoms with van der Waals surface area (Å²) >= 11 is 0. The van der Waals surface area contributed by atoms with E-state index in [0.717, 1.165) is 31.5 Å². The molecule has 1 heterocycles. The number of nitrogens with zero attached hydrogens (tertiary/aromatic N) is 1. The van der Waals surface area contributed by atoms with E-state index in [1.807, 2.05) is 35.2 Å². The molecule has 0 bridgehead atoms. The Bertz CT molecular complexity index is 781. The normalized spacial score (nSPS) is 13.8. The molecule has 2 aromatic carbocycles.